The average molecular weight is 257 g/mol. The summed E-state index contributed by atoms with van der Waals surface area (Å²) in [6.45, 7) is 9.05. The molecule has 0 aromatic carbocycles. The van der Waals surface area contributed by atoms with E-state index in [0.29, 0.717) is 17.6 Å². The number of aromatic nitrogens is 4. The molecular weight excluding hydrogens is 238 g/mol. The minimum absolute atomic E-state index is 0.443. The van der Waals surface area contributed by atoms with Gasteiger partial charge in [0.2, 0.25) is 0 Å². The second-order valence-corrected chi connectivity index (χ2v) is 4.82. The number of hydrogen-bond acceptors (Lipinski definition) is 5. The largest absolute Gasteiger partial charge is 0.310 e. The molecule has 0 bridgehead atoms. The summed E-state index contributed by atoms with van der Waals surface area (Å²) in [7, 11) is 0. The Hall–Kier alpha value is -1.88. The van der Waals surface area contributed by atoms with E-state index in [2.05, 4.69) is 39.1 Å². The summed E-state index contributed by atoms with van der Waals surface area (Å²) in [5, 5.41) is 3.39. The monoisotopic (exact) mass is 257 g/mol. The number of nitrogens with zero attached hydrogens (tertiary/aromatic N) is 4. The van der Waals surface area contributed by atoms with Crippen LogP contribution in [0, 0.1) is 13.8 Å². The Balaban J connectivity index is 2.32. The Morgan fingerprint density at radius 3 is 2.32 bits per heavy atom. The van der Waals surface area contributed by atoms with E-state index in [1.807, 2.05) is 13.8 Å². The van der Waals surface area contributed by atoms with Gasteiger partial charge in [-0.25, -0.2) is 15.0 Å². The molecule has 0 aliphatic rings. The van der Waals surface area contributed by atoms with E-state index in [-0.39, 0.29) is 0 Å². The fourth-order valence-electron chi connectivity index (χ4n) is 1.83. The first-order chi connectivity index (χ1) is 9.08. The Kier molecular flexibility index (Phi) is 4.16. The lowest BCUT2D eigenvalue weighted by molar-refractivity contribution is 0.583. The standard InChI is InChI=1S/C14H19N5/c1-9(2)17-7-12-10(3)18-14(19-11(12)4)13-8-15-5-6-16-13/h5-6,8-9,17H,7H2,1-4H3. The predicted octanol–water partition coefficient (Wildman–Crippen LogP) is 2.05. The zero-order chi connectivity index (χ0) is 13.8. The molecule has 2 aromatic heterocycles. The summed E-state index contributed by atoms with van der Waals surface area (Å²) in [6, 6.07) is 0.443. The van der Waals surface area contributed by atoms with E-state index in [1.54, 1.807) is 18.6 Å². The van der Waals surface area contributed by atoms with Crippen molar-refractivity contribution in [3.63, 3.8) is 0 Å². The highest BCUT2D eigenvalue weighted by molar-refractivity contribution is 5.48. The second kappa shape index (κ2) is 5.84. The zero-order valence-corrected chi connectivity index (χ0v) is 11.8. The molecule has 0 radical (unpaired) electrons. The van der Waals surface area contributed by atoms with Crippen molar-refractivity contribution in [1.82, 2.24) is 25.3 Å². The highest BCUT2D eigenvalue weighted by Gasteiger charge is 2.10. The van der Waals surface area contributed by atoms with Gasteiger partial charge >= 0.3 is 0 Å². The third-order valence-corrected chi connectivity index (χ3v) is 2.90. The first-order valence-corrected chi connectivity index (χ1v) is 6.42. The molecule has 100 valence electrons. The number of nitrogens with one attached hydrogen (secondary N) is 1. The van der Waals surface area contributed by atoms with Crippen molar-refractivity contribution in [3.05, 3.63) is 35.5 Å². The minimum Gasteiger partial charge on any atom is -0.310 e. The van der Waals surface area contributed by atoms with E-state index in [1.165, 1.54) is 0 Å². The van der Waals surface area contributed by atoms with Gasteiger partial charge in [-0.3, -0.25) is 4.98 Å². The van der Waals surface area contributed by atoms with Crippen molar-refractivity contribution in [1.29, 1.82) is 0 Å². The molecule has 0 spiro atoms. The topological polar surface area (TPSA) is 63.6 Å². The fraction of sp³-hybridized carbons (Fsp3) is 0.429. The molecule has 0 unspecified atom stereocenters. The van der Waals surface area contributed by atoms with Crippen LogP contribution in [0.2, 0.25) is 0 Å². The van der Waals surface area contributed by atoms with Gasteiger partial charge in [-0.15, -0.1) is 0 Å². The van der Waals surface area contributed by atoms with Crippen molar-refractivity contribution in [2.45, 2.75) is 40.3 Å². The summed E-state index contributed by atoms with van der Waals surface area (Å²) in [6.07, 6.45) is 4.97. The quantitative estimate of drug-likeness (QED) is 0.908. The summed E-state index contributed by atoms with van der Waals surface area (Å²) in [5.74, 6) is 0.636. The van der Waals surface area contributed by atoms with Crippen molar-refractivity contribution in [3.8, 4) is 11.5 Å². The fourth-order valence-corrected chi connectivity index (χ4v) is 1.83. The molecule has 19 heavy (non-hydrogen) atoms. The molecule has 5 nitrogen and oxygen atoms in total. The molecule has 0 fully saturated rings. The number of aryl methyl sites for hydroxylation is 2. The molecule has 0 aliphatic heterocycles. The molecule has 0 aliphatic carbocycles. The third kappa shape index (κ3) is 3.32. The average Bonchev–Trinajstić information content (AvgIpc) is 2.38. The first-order valence-electron chi connectivity index (χ1n) is 6.42. The Labute approximate surface area is 113 Å². The molecule has 0 saturated carbocycles. The van der Waals surface area contributed by atoms with Crippen LogP contribution in [0.3, 0.4) is 0 Å². The molecule has 0 atom stereocenters. The Morgan fingerprint density at radius 2 is 1.79 bits per heavy atom. The van der Waals surface area contributed by atoms with Gasteiger partial charge in [0.1, 0.15) is 5.69 Å². The lowest BCUT2D eigenvalue weighted by atomic mass is 10.1. The molecule has 1 N–H and O–H groups in total. The third-order valence-electron chi connectivity index (χ3n) is 2.90. The summed E-state index contributed by atoms with van der Waals surface area (Å²) < 4.78 is 0. The molecule has 2 heterocycles. The van der Waals surface area contributed by atoms with Crippen LogP contribution in [0.1, 0.15) is 30.8 Å². The van der Waals surface area contributed by atoms with Crippen LogP contribution in [-0.2, 0) is 6.54 Å². The van der Waals surface area contributed by atoms with Gasteiger partial charge in [0.05, 0.1) is 6.20 Å². The van der Waals surface area contributed by atoms with Gasteiger partial charge in [0, 0.05) is 41.9 Å². The van der Waals surface area contributed by atoms with E-state index in [9.17, 15) is 0 Å². The van der Waals surface area contributed by atoms with Crippen LogP contribution in [0.15, 0.2) is 18.6 Å². The second-order valence-electron chi connectivity index (χ2n) is 4.82. The number of rotatable bonds is 4. The summed E-state index contributed by atoms with van der Waals surface area (Å²) in [4.78, 5) is 17.3. The van der Waals surface area contributed by atoms with Gasteiger partial charge in [-0.2, -0.15) is 0 Å². The van der Waals surface area contributed by atoms with E-state index < -0.39 is 0 Å². The number of hydrogen-bond donors (Lipinski definition) is 1. The zero-order valence-electron chi connectivity index (χ0n) is 11.8. The highest BCUT2D eigenvalue weighted by Crippen LogP contribution is 2.16. The van der Waals surface area contributed by atoms with Crippen LogP contribution in [0.4, 0.5) is 0 Å². The van der Waals surface area contributed by atoms with Gasteiger partial charge in [0.15, 0.2) is 5.82 Å². The Bertz CT molecular complexity index is 528. The van der Waals surface area contributed by atoms with Crippen LogP contribution in [-0.4, -0.2) is 26.0 Å². The van der Waals surface area contributed by atoms with E-state index in [4.69, 9.17) is 0 Å². The summed E-state index contributed by atoms with van der Waals surface area (Å²) in [5.41, 5.74) is 3.83. The molecule has 2 aromatic rings. The van der Waals surface area contributed by atoms with Crippen LogP contribution < -0.4 is 5.32 Å². The van der Waals surface area contributed by atoms with Crippen molar-refractivity contribution in [2.24, 2.45) is 0 Å². The van der Waals surface area contributed by atoms with Gasteiger partial charge in [0.25, 0.3) is 0 Å². The lowest BCUT2D eigenvalue weighted by Gasteiger charge is -2.13. The van der Waals surface area contributed by atoms with Crippen LogP contribution >= 0.6 is 0 Å². The van der Waals surface area contributed by atoms with Crippen LogP contribution in [0.5, 0.6) is 0 Å². The van der Waals surface area contributed by atoms with Gasteiger partial charge in [-0.1, -0.05) is 13.8 Å². The normalized spacial score (nSPS) is 11.0. The Morgan fingerprint density at radius 1 is 1.11 bits per heavy atom. The highest BCUT2D eigenvalue weighted by atomic mass is 15.0. The van der Waals surface area contributed by atoms with E-state index >= 15 is 0 Å². The van der Waals surface area contributed by atoms with Crippen LogP contribution in [0.25, 0.3) is 11.5 Å². The maximum atomic E-state index is 4.53. The van der Waals surface area contributed by atoms with Crippen molar-refractivity contribution in [2.75, 3.05) is 0 Å². The maximum Gasteiger partial charge on any atom is 0.180 e. The minimum atomic E-state index is 0.443. The maximum absolute atomic E-state index is 4.53. The first kappa shape index (κ1) is 13.5. The van der Waals surface area contributed by atoms with E-state index in [0.717, 1.165) is 23.5 Å². The smallest absolute Gasteiger partial charge is 0.180 e. The summed E-state index contributed by atoms with van der Waals surface area (Å²) >= 11 is 0. The SMILES string of the molecule is Cc1nc(-c2cnccn2)nc(C)c1CNC(C)C. The van der Waals surface area contributed by atoms with Crippen molar-refractivity contribution < 1.29 is 0 Å². The molecule has 0 amide bonds. The molecular formula is C14H19N5. The van der Waals surface area contributed by atoms with Crippen molar-refractivity contribution >= 4 is 0 Å². The van der Waals surface area contributed by atoms with Gasteiger partial charge in [-0.05, 0) is 13.8 Å². The molecule has 5 heteroatoms. The van der Waals surface area contributed by atoms with Gasteiger partial charge < -0.3 is 5.32 Å². The lowest BCUT2D eigenvalue weighted by Crippen LogP contribution is -2.23. The predicted molar refractivity (Wildman–Crippen MR) is 74.5 cm³/mol. The molecule has 0 saturated heterocycles. The molecule has 2 rings (SSSR count).